The Kier molecular flexibility index (Phi) is 5.80. The van der Waals surface area contributed by atoms with Crippen LogP contribution in [0.25, 0.3) is 0 Å². The summed E-state index contributed by atoms with van der Waals surface area (Å²) in [7, 11) is -1.45. The average molecular weight is 363 g/mol. The van der Waals surface area contributed by atoms with E-state index in [1.54, 1.807) is 31.3 Å². The maximum Gasteiger partial charge on any atom is 0.224 e. The van der Waals surface area contributed by atoms with Gasteiger partial charge in [0, 0.05) is 38.7 Å². The minimum Gasteiger partial charge on any atom is -0.342 e. The number of hydrogen-bond acceptors (Lipinski definition) is 5. The number of rotatable bonds is 5. The van der Waals surface area contributed by atoms with Crippen molar-refractivity contribution in [1.29, 1.82) is 5.26 Å². The Morgan fingerprint density at radius 2 is 1.92 bits per heavy atom. The molecule has 1 aliphatic rings. The molecule has 1 aromatic carbocycles. The summed E-state index contributed by atoms with van der Waals surface area (Å²) in [5.41, 5.74) is 1.11. The number of amides is 2. The molecular weight excluding hydrogens is 342 g/mol. The van der Waals surface area contributed by atoms with Crippen LogP contribution in [-0.4, -0.2) is 56.3 Å². The summed E-state index contributed by atoms with van der Waals surface area (Å²) in [6.07, 6.45) is 0.559. The van der Waals surface area contributed by atoms with Crippen LogP contribution in [0.5, 0.6) is 0 Å². The summed E-state index contributed by atoms with van der Waals surface area (Å²) in [5.74, 6) is -0.285. The predicted octanol–water partition coefficient (Wildman–Crippen LogP) is 0.947. The van der Waals surface area contributed by atoms with Crippen molar-refractivity contribution in [1.82, 2.24) is 4.90 Å². The summed E-state index contributed by atoms with van der Waals surface area (Å²) in [4.78, 5) is 27.2. The van der Waals surface area contributed by atoms with Crippen LogP contribution in [0, 0.1) is 11.3 Å². The van der Waals surface area contributed by atoms with E-state index < -0.39 is 9.84 Å². The molecule has 0 bridgehead atoms. The Bertz CT molecular complexity index is 796. The highest BCUT2D eigenvalue weighted by Gasteiger charge is 2.32. The number of sulfone groups is 1. The third-order valence-corrected chi connectivity index (χ3v) is 6.14. The molecule has 134 valence electrons. The highest BCUT2D eigenvalue weighted by atomic mass is 32.2. The molecule has 2 amide bonds. The molecule has 1 saturated heterocycles. The van der Waals surface area contributed by atoms with Crippen molar-refractivity contribution in [2.75, 3.05) is 30.0 Å². The number of carbonyl (C=O) groups is 2. The zero-order valence-electron chi connectivity index (χ0n) is 14.3. The summed E-state index contributed by atoms with van der Waals surface area (Å²) in [6.45, 7) is 1.61. The summed E-state index contributed by atoms with van der Waals surface area (Å²) in [5, 5.41) is 8.83. The Morgan fingerprint density at radius 3 is 2.40 bits per heavy atom. The molecule has 1 aliphatic heterocycles. The van der Waals surface area contributed by atoms with Crippen LogP contribution < -0.4 is 4.90 Å². The Balaban J connectivity index is 1.99. The van der Waals surface area contributed by atoms with Crippen LogP contribution in [0.2, 0.25) is 0 Å². The van der Waals surface area contributed by atoms with Crippen LogP contribution in [0.3, 0.4) is 0 Å². The van der Waals surface area contributed by atoms with Crippen LogP contribution in [-0.2, 0) is 19.4 Å². The molecule has 2 rings (SSSR count). The Morgan fingerprint density at radius 1 is 1.28 bits per heavy atom. The lowest BCUT2D eigenvalue weighted by Crippen LogP contribution is -2.40. The molecule has 7 nitrogen and oxygen atoms in total. The van der Waals surface area contributed by atoms with E-state index in [0.717, 1.165) is 0 Å². The van der Waals surface area contributed by atoms with E-state index in [-0.39, 0.29) is 42.3 Å². The van der Waals surface area contributed by atoms with Crippen molar-refractivity contribution in [2.45, 2.75) is 25.8 Å². The minimum atomic E-state index is -3.05. The second-order valence-corrected chi connectivity index (χ2v) is 8.37. The van der Waals surface area contributed by atoms with E-state index in [1.807, 2.05) is 6.07 Å². The highest BCUT2D eigenvalue weighted by Crippen LogP contribution is 2.19. The molecule has 0 radical (unpaired) electrons. The van der Waals surface area contributed by atoms with Gasteiger partial charge in [-0.3, -0.25) is 9.59 Å². The predicted molar refractivity (Wildman–Crippen MR) is 93.6 cm³/mol. The Labute approximate surface area is 147 Å². The molecule has 8 heteroatoms. The molecular formula is C17H21N3O4S. The molecule has 0 aromatic heterocycles. The lowest BCUT2D eigenvalue weighted by atomic mass is 10.2. The van der Waals surface area contributed by atoms with Crippen molar-refractivity contribution in [3.05, 3.63) is 29.8 Å². The first-order valence-corrected chi connectivity index (χ1v) is 9.80. The van der Waals surface area contributed by atoms with Gasteiger partial charge in [0.05, 0.1) is 23.1 Å². The van der Waals surface area contributed by atoms with Crippen molar-refractivity contribution < 1.29 is 18.0 Å². The topological polar surface area (TPSA) is 98.6 Å². The monoisotopic (exact) mass is 363 g/mol. The maximum absolute atomic E-state index is 12.3. The highest BCUT2D eigenvalue weighted by molar-refractivity contribution is 7.91. The first-order chi connectivity index (χ1) is 11.7. The van der Waals surface area contributed by atoms with E-state index >= 15 is 0 Å². The largest absolute Gasteiger partial charge is 0.342 e. The number of benzene rings is 1. The van der Waals surface area contributed by atoms with E-state index in [1.165, 1.54) is 16.7 Å². The quantitative estimate of drug-likeness (QED) is 0.775. The molecule has 0 aliphatic carbocycles. The number of hydrogen-bond donors (Lipinski definition) is 0. The molecule has 1 fully saturated rings. The van der Waals surface area contributed by atoms with Crippen molar-refractivity contribution in [3.63, 3.8) is 0 Å². The Hall–Kier alpha value is -2.40. The van der Waals surface area contributed by atoms with Gasteiger partial charge in [0.15, 0.2) is 9.84 Å². The third-order valence-electron chi connectivity index (χ3n) is 4.39. The van der Waals surface area contributed by atoms with Gasteiger partial charge < -0.3 is 9.80 Å². The third kappa shape index (κ3) is 4.79. The molecule has 1 atom stereocenters. The fourth-order valence-electron chi connectivity index (χ4n) is 2.85. The average Bonchev–Trinajstić information content (AvgIpc) is 2.94. The van der Waals surface area contributed by atoms with E-state index in [4.69, 9.17) is 5.26 Å². The van der Waals surface area contributed by atoms with Gasteiger partial charge >= 0.3 is 0 Å². The first kappa shape index (κ1) is 18.9. The van der Waals surface area contributed by atoms with E-state index in [0.29, 0.717) is 17.7 Å². The minimum absolute atomic E-state index is 0.00127. The van der Waals surface area contributed by atoms with Gasteiger partial charge in [0.25, 0.3) is 0 Å². The van der Waals surface area contributed by atoms with Crippen LogP contribution in [0.15, 0.2) is 24.3 Å². The summed E-state index contributed by atoms with van der Waals surface area (Å²) < 4.78 is 23.1. The van der Waals surface area contributed by atoms with Crippen LogP contribution in [0.4, 0.5) is 5.69 Å². The summed E-state index contributed by atoms with van der Waals surface area (Å²) in [6, 6.07) is 8.27. The molecule has 0 spiro atoms. The van der Waals surface area contributed by atoms with Gasteiger partial charge in [-0.2, -0.15) is 5.26 Å². The molecule has 1 heterocycles. The molecule has 25 heavy (non-hydrogen) atoms. The molecule has 0 N–H and O–H groups in total. The maximum atomic E-state index is 12.3. The number of nitriles is 1. The first-order valence-electron chi connectivity index (χ1n) is 7.98. The molecule has 0 saturated carbocycles. The smallest absolute Gasteiger partial charge is 0.224 e. The fraction of sp³-hybridized carbons (Fsp3) is 0.471. The van der Waals surface area contributed by atoms with Crippen molar-refractivity contribution in [3.8, 4) is 6.07 Å². The lowest BCUT2D eigenvalue weighted by Gasteiger charge is -2.26. The SMILES string of the molecule is CC(=O)N(CCC(=O)N(C)C1CCS(=O)(=O)C1)c1ccc(C#N)cc1. The number of carbonyl (C=O) groups excluding carboxylic acids is 2. The van der Waals surface area contributed by atoms with E-state index in [9.17, 15) is 18.0 Å². The van der Waals surface area contributed by atoms with Crippen LogP contribution in [0.1, 0.15) is 25.3 Å². The lowest BCUT2D eigenvalue weighted by molar-refractivity contribution is -0.131. The second-order valence-electron chi connectivity index (χ2n) is 6.14. The van der Waals surface area contributed by atoms with E-state index in [2.05, 4.69) is 0 Å². The van der Waals surface area contributed by atoms with Gasteiger partial charge in [-0.1, -0.05) is 0 Å². The number of anilines is 1. The van der Waals surface area contributed by atoms with Crippen molar-refractivity contribution in [2.24, 2.45) is 0 Å². The molecule has 1 unspecified atom stereocenters. The standard InChI is InChI=1S/C17H21N3O4S/c1-13(21)20(15-5-3-14(11-18)4-6-15)9-7-17(22)19(2)16-8-10-25(23,24)12-16/h3-6,16H,7-10,12H2,1-2H3. The van der Waals surface area contributed by atoms with Gasteiger partial charge in [-0.25, -0.2) is 8.42 Å². The van der Waals surface area contributed by atoms with Gasteiger partial charge in [-0.15, -0.1) is 0 Å². The molecule has 1 aromatic rings. The fourth-order valence-corrected chi connectivity index (χ4v) is 4.63. The zero-order valence-corrected chi connectivity index (χ0v) is 15.1. The van der Waals surface area contributed by atoms with Crippen molar-refractivity contribution >= 4 is 27.3 Å². The second kappa shape index (κ2) is 7.66. The van der Waals surface area contributed by atoms with Crippen LogP contribution >= 0.6 is 0 Å². The van der Waals surface area contributed by atoms with Gasteiger partial charge in [0.1, 0.15) is 0 Å². The zero-order chi connectivity index (χ0) is 18.6. The normalized spacial score (nSPS) is 18.4. The van der Waals surface area contributed by atoms with Gasteiger partial charge in [-0.05, 0) is 30.7 Å². The number of nitrogens with zero attached hydrogens (tertiary/aromatic N) is 3. The summed E-state index contributed by atoms with van der Waals surface area (Å²) >= 11 is 0. The van der Waals surface area contributed by atoms with Gasteiger partial charge in [0.2, 0.25) is 11.8 Å².